The van der Waals surface area contributed by atoms with Crippen LogP contribution in [0.4, 0.5) is 9.93 Å². The minimum atomic E-state index is -4.27. The van der Waals surface area contributed by atoms with Crippen molar-refractivity contribution in [3.63, 3.8) is 0 Å². The van der Waals surface area contributed by atoms with Gasteiger partial charge in [-0.25, -0.2) is 9.78 Å². The van der Waals surface area contributed by atoms with Crippen LogP contribution in [0, 0.1) is 0 Å². The Hall–Kier alpha value is -2.39. The van der Waals surface area contributed by atoms with Crippen molar-refractivity contribution in [2.45, 2.75) is 4.90 Å². The van der Waals surface area contributed by atoms with E-state index in [4.69, 9.17) is 11.5 Å². The van der Waals surface area contributed by atoms with E-state index in [0.29, 0.717) is 21.4 Å². The number of anilines is 1. The molecule has 0 radical (unpaired) electrons. The number of carbonyl (C=O) groups is 1. The van der Waals surface area contributed by atoms with Gasteiger partial charge in [0.05, 0.1) is 10.2 Å². The van der Waals surface area contributed by atoms with E-state index >= 15 is 0 Å². The fourth-order valence-corrected chi connectivity index (χ4v) is 3.96. The van der Waals surface area contributed by atoms with Crippen LogP contribution in [0.5, 0.6) is 0 Å². The number of nitrogen functional groups attached to an aromatic ring is 1. The highest BCUT2D eigenvalue weighted by Gasteiger charge is 2.22. The van der Waals surface area contributed by atoms with Crippen molar-refractivity contribution in [2.24, 2.45) is 5.73 Å². The number of amides is 1. The molecule has 4 N–H and O–H groups in total. The third-order valence-corrected chi connectivity index (χ3v) is 5.06. The van der Waals surface area contributed by atoms with Crippen LogP contribution in [0.1, 0.15) is 0 Å². The molecule has 21 heavy (non-hydrogen) atoms. The minimum absolute atomic E-state index is 0.132. The molecule has 1 amide bonds. The highest BCUT2D eigenvalue weighted by Crippen LogP contribution is 2.34. The van der Waals surface area contributed by atoms with Gasteiger partial charge in [-0.1, -0.05) is 29.5 Å². The second-order valence-electron chi connectivity index (χ2n) is 4.17. The molecule has 0 aliphatic heterocycles. The van der Waals surface area contributed by atoms with Gasteiger partial charge in [-0.3, -0.25) is 0 Å². The van der Waals surface area contributed by atoms with Crippen LogP contribution >= 0.6 is 11.3 Å². The molecule has 0 atom stereocenters. The Balaban J connectivity index is 2.35. The van der Waals surface area contributed by atoms with Crippen LogP contribution in [0.15, 0.2) is 35.2 Å². The highest BCUT2D eigenvalue weighted by molar-refractivity contribution is 7.87. The molecular formula is C12H9N3O4S2. The van der Waals surface area contributed by atoms with Crippen molar-refractivity contribution in [1.82, 2.24) is 4.98 Å². The predicted molar refractivity (Wildman–Crippen MR) is 79.4 cm³/mol. The molecule has 0 saturated heterocycles. The minimum Gasteiger partial charge on any atom is -0.375 e. The number of nitrogens with two attached hydrogens (primary N) is 2. The molecule has 0 fully saturated rings. The van der Waals surface area contributed by atoms with Crippen LogP contribution < -0.4 is 11.5 Å². The number of carbonyl (C=O) groups excluding carboxylic acids is 1. The predicted octanol–water partition coefficient (Wildman–Crippen LogP) is 1.82. The lowest BCUT2D eigenvalue weighted by molar-refractivity contribution is 0.213. The summed E-state index contributed by atoms with van der Waals surface area (Å²) < 4.78 is 29.1. The monoisotopic (exact) mass is 323 g/mol. The summed E-state index contributed by atoms with van der Waals surface area (Å²) in [6, 6.07) is 7.90. The summed E-state index contributed by atoms with van der Waals surface area (Å²) >= 11 is 1.25. The van der Waals surface area contributed by atoms with E-state index in [1.165, 1.54) is 17.4 Å². The summed E-state index contributed by atoms with van der Waals surface area (Å²) in [5.41, 5.74) is 11.1. The average molecular weight is 323 g/mol. The zero-order valence-electron chi connectivity index (χ0n) is 10.4. The number of benzene rings is 2. The first kappa shape index (κ1) is 13.6. The van der Waals surface area contributed by atoms with Crippen molar-refractivity contribution >= 4 is 53.7 Å². The Morgan fingerprint density at radius 1 is 1.19 bits per heavy atom. The lowest BCUT2D eigenvalue weighted by atomic mass is 10.1. The largest absolute Gasteiger partial charge is 0.420 e. The first-order valence-electron chi connectivity index (χ1n) is 5.70. The van der Waals surface area contributed by atoms with E-state index in [1.54, 1.807) is 24.3 Å². The molecule has 7 nitrogen and oxygen atoms in total. The molecule has 2 aromatic carbocycles. The molecule has 3 aromatic rings. The summed E-state index contributed by atoms with van der Waals surface area (Å²) in [5.74, 6) is 0. The van der Waals surface area contributed by atoms with E-state index in [2.05, 4.69) is 9.17 Å². The van der Waals surface area contributed by atoms with Gasteiger partial charge in [-0.05, 0) is 12.1 Å². The Kier molecular flexibility index (Phi) is 2.96. The molecule has 0 saturated carbocycles. The Morgan fingerprint density at radius 3 is 2.67 bits per heavy atom. The topological polar surface area (TPSA) is 125 Å². The van der Waals surface area contributed by atoms with Gasteiger partial charge in [0.2, 0.25) is 0 Å². The van der Waals surface area contributed by atoms with Crippen molar-refractivity contribution in [3.8, 4) is 0 Å². The summed E-state index contributed by atoms with van der Waals surface area (Å²) in [4.78, 5) is 14.7. The van der Waals surface area contributed by atoms with E-state index in [-0.39, 0.29) is 4.90 Å². The summed E-state index contributed by atoms with van der Waals surface area (Å²) in [7, 11) is -4.27. The standard InChI is InChI=1S/C12H9N3O4S2/c13-11-15-8-5-4-6-7(10(8)20-11)2-1-3-9(6)21(17,18)19-12(14)16/h1-5H,(H2,13,15)(H2,14,16). The van der Waals surface area contributed by atoms with Gasteiger partial charge in [-0.2, -0.15) is 8.42 Å². The zero-order valence-corrected chi connectivity index (χ0v) is 12.1. The van der Waals surface area contributed by atoms with Crippen molar-refractivity contribution in [2.75, 3.05) is 5.73 Å². The van der Waals surface area contributed by atoms with Crippen molar-refractivity contribution in [3.05, 3.63) is 30.3 Å². The van der Waals surface area contributed by atoms with E-state index in [0.717, 1.165) is 4.70 Å². The molecule has 1 heterocycles. The van der Waals surface area contributed by atoms with E-state index < -0.39 is 16.2 Å². The number of aromatic nitrogens is 1. The number of rotatable bonds is 2. The van der Waals surface area contributed by atoms with Gasteiger partial charge < -0.3 is 15.7 Å². The molecule has 0 aliphatic carbocycles. The fourth-order valence-electron chi connectivity index (χ4n) is 2.10. The maximum atomic E-state index is 12.0. The Bertz CT molecular complexity index is 979. The van der Waals surface area contributed by atoms with Crippen LogP contribution in [0.25, 0.3) is 21.0 Å². The highest BCUT2D eigenvalue weighted by atomic mass is 32.2. The number of nitrogens with zero attached hydrogens (tertiary/aromatic N) is 1. The first-order chi connectivity index (χ1) is 9.88. The molecular weight excluding hydrogens is 314 g/mol. The van der Waals surface area contributed by atoms with Crippen LogP contribution in [-0.4, -0.2) is 19.5 Å². The Labute approximate surface area is 123 Å². The third kappa shape index (κ3) is 2.26. The van der Waals surface area contributed by atoms with Gasteiger partial charge in [0.25, 0.3) is 0 Å². The van der Waals surface area contributed by atoms with Crippen LogP contribution in [-0.2, 0) is 14.3 Å². The van der Waals surface area contributed by atoms with Crippen molar-refractivity contribution in [1.29, 1.82) is 0 Å². The summed E-state index contributed by atoms with van der Waals surface area (Å²) in [6.07, 6.45) is -1.38. The quantitative estimate of drug-likeness (QED) is 0.693. The summed E-state index contributed by atoms with van der Waals surface area (Å²) in [5, 5.41) is 1.46. The Morgan fingerprint density at radius 2 is 1.95 bits per heavy atom. The SMILES string of the molecule is NC(=O)OS(=O)(=O)c1cccc2c1ccc1nc(N)sc12. The molecule has 3 rings (SSSR count). The van der Waals surface area contributed by atoms with E-state index in [9.17, 15) is 13.2 Å². The molecule has 1 aromatic heterocycles. The molecule has 9 heteroatoms. The number of primary amides is 1. The molecule has 0 bridgehead atoms. The summed E-state index contributed by atoms with van der Waals surface area (Å²) in [6.45, 7) is 0. The van der Waals surface area contributed by atoms with Crippen molar-refractivity contribution < 1.29 is 17.4 Å². The van der Waals surface area contributed by atoms with Gasteiger partial charge in [0, 0.05) is 10.8 Å². The second-order valence-corrected chi connectivity index (χ2v) is 6.72. The average Bonchev–Trinajstić information content (AvgIpc) is 2.77. The lowest BCUT2D eigenvalue weighted by Gasteiger charge is -2.07. The zero-order chi connectivity index (χ0) is 15.2. The van der Waals surface area contributed by atoms with E-state index in [1.807, 2.05) is 0 Å². The second kappa shape index (κ2) is 4.57. The first-order valence-corrected chi connectivity index (χ1v) is 7.92. The maximum Gasteiger partial charge on any atom is 0.420 e. The van der Waals surface area contributed by atoms with Gasteiger partial charge in [-0.15, -0.1) is 0 Å². The molecule has 108 valence electrons. The van der Waals surface area contributed by atoms with Crippen LogP contribution in [0.3, 0.4) is 0 Å². The number of hydrogen-bond donors (Lipinski definition) is 2. The fraction of sp³-hybridized carbons (Fsp3) is 0. The number of fused-ring (bicyclic) bond motifs is 3. The molecule has 0 spiro atoms. The van der Waals surface area contributed by atoms with Gasteiger partial charge >= 0.3 is 16.2 Å². The maximum absolute atomic E-state index is 12.0. The molecule has 0 unspecified atom stereocenters. The third-order valence-electron chi connectivity index (χ3n) is 2.85. The molecule has 0 aliphatic rings. The van der Waals surface area contributed by atoms with Crippen LogP contribution in [0.2, 0.25) is 0 Å². The van der Waals surface area contributed by atoms with Gasteiger partial charge in [0.1, 0.15) is 4.90 Å². The number of thiazole rings is 1. The number of hydrogen-bond acceptors (Lipinski definition) is 7. The lowest BCUT2D eigenvalue weighted by Crippen LogP contribution is -2.19. The smallest absolute Gasteiger partial charge is 0.375 e. The van der Waals surface area contributed by atoms with Gasteiger partial charge in [0.15, 0.2) is 5.13 Å². The normalized spacial score (nSPS) is 11.8.